The third-order valence-corrected chi connectivity index (χ3v) is 1.79. The molecule has 0 unspecified atom stereocenters. The molecule has 0 aliphatic heterocycles. The molecule has 6 heteroatoms. The summed E-state index contributed by atoms with van der Waals surface area (Å²) in [5.74, 6) is -0.830. The minimum atomic E-state index is -0.415. The van der Waals surface area contributed by atoms with Crippen LogP contribution in [0.3, 0.4) is 0 Å². The Hall–Kier alpha value is -1.07. The first-order valence-corrected chi connectivity index (χ1v) is 4.69. The van der Waals surface area contributed by atoms with E-state index < -0.39 is 11.9 Å². The van der Waals surface area contributed by atoms with Gasteiger partial charge in [-0.15, -0.1) is 0 Å². The van der Waals surface area contributed by atoms with Crippen LogP contribution >= 0.6 is 11.6 Å². The van der Waals surface area contributed by atoms with Crippen LogP contribution in [-0.2, 0) is 19.1 Å². The topological polar surface area (TPSA) is 55.8 Å². The van der Waals surface area contributed by atoms with E-state index >= 15 is 0 Å². The van der Waals surface area contributed by atoms with Gasteiger partial charge >= 0.3 is 11.9 Å². The number of nitrogens with zero attached hydrogens (tertiary/aromatic N) is 1. The van der Waals surface area contributed by atoms with Crippen LogP contribution in [0.5, 0.6) is 0 Å². The summed E-state index contributed by atoms with van der Waals surface area (Å²) < 4.78 is 8.97. The maximum atomic E-state index is 11.0. The molecule has 0 aromatic carbocycles. The second-order valence-electron chi connectivity index (χ2n) is 2.68. The lowest BCUT2D eigenvalue weighted by Gasteiger charge is -2.17. The molecule has 0 aliphatic rings. The summed E-state index contributed by atoms with van der Waals surface area (Å²) >= 11 is 5.35. The molecule has 15 heavy (non-hydrogen) atoms. The molecule has 0 N–H and O–H groups in total. The third kappa shape index (κ3) is 6.93. The summed E-state index contributed by atoms with van der Waals surface area (Å²) in [7, 11) is 2.58. The van der Waals surface area contributed by atoms with Crippen LogP contribution in [0.1, 0.15) is 0 Å². The van der Waals surface area contributed by atoms with Crippen LogP contribution in [0.4, 0.5) is 0 Å². The highest BCUT2D eigenvalue weighted by atomic mass is 35.5. The fraction of sp³-hybridized carbons (Fsp3) is 0.556. The van der Waals surface area contributed by atoms with Gasteiger partial charge in [-0.05, 0) is 0 Å². The fourth-order valence-electron chi connectivity index (χ4n) is 0.868. The van der Waals surface area contributed by atoms with E-state index in [1.165, 1.54) is 19.8 Å². The van der Waals surface area contributed by atoms with Crippen molar-refractivity contribution in [3.8, 4) is 0 Å². The van der Waals surface area contributed by atoms with E-state index in [-0.39, 0.29) is 13.1 Å². The molecule has 0 aromatic rings. The Bertz CT molecular complexity index is 224. The summed E-state index contributed by atoms with van der Waals surface area (Å²) in [4.78, 5) is 23.5. The average molecular weight is 236 g/mol. The zero-order valence-electron chi connectivity index (χ0n) is 8.73. The Morgan fingerprint density at radius 2 is 1.67 bits per heavy atom. The number of methoxy groups -OCH3 is 2. The van der Waals surface area contributed by atoms with Crippen molar-refractivity contribution in [2.45, 2.75) is 0 Å². The quantitative estimate of drug-likeness (QED) is 0.624. The predicted octanol–water partition coefficient (Wildman–Crippen LogP) is 0.387. The maximum Gasteiger partial charge on any atom is 0.319 e. The van der Waals surface area contributed by atoms with Gasteiger partial charge in [-0.25, -0.2) is 0 Å². The zero-order valence-corrected chi connectivity index (χ0v) is 9.49. The van der Waals surface area contributed by atoms with Crippen molar-refractivity contribution in [3.63, 3.8) is 0 Å². The number of carbonyl (C=O) groups excluding carboxylic acids is 2. The van der Waals surface area contributed by atoms with Crippen molar-refractivity contribution in [2.24, 2.45) is 0 Å². The maximum absolute atomic E-state index is 11.0. The van der Waals surface area contributed by atoms with E-state index in [2.05, 4.69) is 9.47 Å². The Morgan fingerprint density at radius 1 is 1.20 bits per heavy atom. The first-order chi connectivity index (χ1) is 7.13. The van der Waals surface area contributed by atoms with Gasteiger partial charge in [0.1, 0.15) is 0 Å². The second kappa shape index (κ2) is 8.26. The molecule has 0 aromatic heterocycles. The van der Waals surface area contributed by atoms with Crippen molar-refractivity contribution < 1.29 is 19.1 Å². The lowest BCUT2D eigenvalue weighted by Crippen LogP contribution is -2.35. The van der Waals surface area contributed by atoms with Gasteiger partial charge < -0.3 is 9.47 Å². The first kappa shape index (κ1) is 13.9. The smallest absolute Gasteiger partial charge is 0.319 e. The number of esters is 2. The lowest BCUT2D eigenvalue weighted by atomic mass is 10.4. The summed E-state index contributed by atoms with van der Waals surface area (Å²) in [5.41, 5.74) is 1.32. The highest BCUT2D eigenvalue weighted by Crippen LogP contribution is 1.93. The molecule has 0 radical (unpaired) electrons. The Kier molecular flexibility index (Phi) is 7.67. The monoisotopic (exact) mass is 235 g/mol. The summed E-state index contributed by atoms with van der Waals surface area (Å²) in [6.07, 6.45) is 1.62. The Labute approximate surface area is 93.6 Å². The van der Waals surface area contributed by atoms with Crippen molar-refractivity contribution >= 4 is 23.5 Å². The molecule has 0 bridgehead atoms. The number of ether oxygens (including phenoxy) is 2. The highest BCUT2D eigenvalue weighted by molar-refractivity contribution is 6.25. The van der Waals surface area contributed by atoms with Gasteiger partial charge in [0.05, 0.1) is 27.3 Å². The summed E-state index contributed by atoms with van der Waals surface area (Å²) in [5, 5.41) is 0. The second-order valence-corrected chi connectivity index (χ2v) is 2.94. The number of hydrogen-bond donors (Lipinski definition) is 0. The Morgan fingerprint density at radius 3 is 2.00 bits per heavy atom. The summed E-state index contributed by atoms with van der Waals surface area (Å²) in [6, 6.07) is 0. The van der Waals surface area contributed by atoms with Gasteiger partial charge in [-0.1, -0.05) is 17.7 Å². The molecule has 0 amide bonds. The van der Waals surface area contributed by atoms with E-state index in [1.54, 1.807) is 11.0 Å². The number of hydrogen-bond acceptors (Lipinski definition) is 5. The van der Waals surface area contributed by atoms with Crippen LogP contribution in [0.15, 0.2) is 11.6 Å². The van der Waals surface area contributed by atoms with Gasteiger partial charge in [-0.2, -0.15) is 0 Å². The fourth-order valence-corrected chi connectivity index (χ4v) is 0.948. The van der Waals surface area contributed by atoms with Gasteiger partial charge in [0.15, 0.2) is 0 Å². The van der Waals surface area contributed by atoms with Gasteiger partial charge in [0.2, 0.25) is 0 Å². The highest BCUT2D eigenvalue weighted by Gasteiger charge is 2.13. The standard InChI is InChI=1S/C9H14ClNO4/c1-14-8(12)6-11(5-3-4-10)7-9(13)15-2/h3-4H,5-7H2,1-2H3. The molecule has 0 heterocycles. The molecule has 0 spiro atoms. The van der Waals surface area contributed by atoms with E-state index in [0.29, 0.717) is 6.54 Å². The molecule has 5 nitrogen and oxygen atoms in total. The molecular formula is C9H14ClNO4. The van der Waals surface area contributed by atoms with Crippen LogP contribution in [0, 0.1) is 0 Å². The van der Waals surface area contributed by atoms with Crippen LogP contribution in [0.2, 0.25) is 0 Å². The van der Waals surface area contributed by atoms with Crippen molar-refractivity contribution in [1.29, 1.82) is 0 Å². The van der Waals surface area contributed by atoms with Crippen LogP contribution in [0.25, 0.3) is 0 Å². The number of rotatable bonds is 6. The Balaban J connectivity index is 4.17. The largest absolute Gasteiger partial charge is 0.468 e. The van der Waals surface area contributed by atoms with Gasteiger partial charge in [-0.3, -0.25) is 14.5 Å². The average Bonchev–Trinajstić information content (AvgIpc) is 2.25. The third-order valence-electron chi connectivity index (χ3n) is 1.61. The van der Waals surface area contributed by atoms with E-state index in [1.807, 2.05) is 0 Å². The molecule has 0 saturated heterocycles. The summed E-state index contributed by atoms with van der Waals surface area (Å²) in [6.45, 7) is 0.424. The van der Waals surface area contributed by atoms with E-state index in [9.17, 15) is 9.59 Å². The van der Waals surface area contributed by atoms with Crippen molar-refractivity contribution in [1.82, 2.24) is 4.90 Å². The minimum absolute atomic E-state index is 0.0207. The first-order valence-electron chi connectivity index (χ1n) is 4.25. The molecule has 0 rings (SSSR count). The number of halogens is 1. The molecule has 0 aliphatic carbocycles. The van der Waals surface area contributed by atoms with Crippen molar-refractivity contribution in [2.75, 3.05) is 33.9 Å². The molecular weight excluding hydrogens is 222 g/mol. The molecule has 86 valence electrons. The minimum Gasteiger partial charge on any atom is -0.468 e. The molecule has 0 fully saturated rings. The van der Waals surface area contributed by atoms with Crippen LogP contribution < -0.4 is 0 Å². The molecule has 0 atom stereocenters. The normalized spacial score (nSPS) is 10.7. The van der Waals surface area contributed by atoms with E-state index in [0.717, 1.165) is 0 Å². The lowest BCUT2D eigenvalue weighted by molar-refractivity contribution is -0.145. The SMILES string of the molecule is COC(=O)CN(CC=CCl)CC(=O)OC. The zero-order chi connectivity index (χ0) is 11.7. The number of carbonyl (C=O) groups is 2. The molecule has 0 saturated carbocycles. The van der Waals surface area contributed by atoms with Gasteiger partial charge in [0.25, 0.3) is 0 Å². The predicted molar refractivity (Wildman–Crippen MR) is 55.5 cm³/mol. The van der Waals surface area contributed by atoms with Crippen LogP contribution in [-0.4, -0.2) is 50.7 Å². The van der Waals surface area contributed by atoms with Gasteiger partial charge in [0, 0.05) is 12.1 Å². The van der Waals surface area contributed by atoms with E-state index in [4.69, 9.17) is 11.6 Å². The van der Waals surface area contributed by atoms with Crippen molar-refractivity contribution in [3.05, 3.63) is 11.6 Å².